The Balaban J connectivity index is 0.878. The standard InChI is InChI=1S/C48H28N2O8S2/c51-41-23-24-42(52)49(41)57-45(55)27-18-36-16-15-35(59-36)14-11-31-8-10-34-12-20-38-30(7-9-33-13-21-39(31)48(34)47(33)38)4-1-29-2-5-32(6-3-29)40-22-17-37(60-40)19-28-46(56)58-50-43(53)25-26-44(50)54/h2-3,5-10,12-13,15-17,20-26H,18-19,27-28H2. The normalized spacial score (nSPS) is 13.4. The topological polar surface area (TPSA) is 127 Å². The first kappa shape index (κ1) is 37.9. The zero-order valence-corrected chi connectivity index (χ0v) is 33.0. The Kier molecular flexibility index (Phi) is 10.1. The molecule has 0 bridgehead atoms. The third kappa shape index (κ3) is 7.68. The van der Waals surface area contributed by atoms with Crippen LogP contribution in [0.3, 0.4) is 0 Å². The van der Waals surface area contributed by atoms with Gasteiger partial charge >= 0.3 is 11.9 Å². The third-order valence-electron chi connectivity index (χ3n) is 9.89. The molecule has 9 rings (SSSR count). The van der Waals surface area contributed by atoms with E-state index in [-0.39, 0.29) is 12.8 Å². The molecule has 0 aliphatic carbocycles. The van der Waals surface area contributed by atoms with Crippen molar-refractivity contribution in [1.29, 1.82) is 0 Å². The Labute approximate surface area is 350 Å². The number of thiophene rings is 2. The molecule has 4 amide bonds. The highest BCUT2D eigenvalue weighted by atomic mass is 32.1. The van der Waals surface area contributed by atoms with Gasteiger partial charge < -0.3 is 9.68 Å². The van der Waals surface area contributed by atoms with E-state index in [2.05, 4.69) is 66.1 Å². The molecule has 0 saturated carbocycles. The highest BCUT2D eigenvalue weighted by Gasteiger charge is 2.29. The van der Waals surface area contributed by atoms with Gasteiger partial charge in [0, 0.05) is 55.6 Å². The van der Waals surface area contributed by atoms with Crippen LogP contribution in [-0.4, -0.2) is 45.7 Å². The quantitative estimate of drug-likeness (QED) is 0.0820. The van der Waals surface area contributed by atoms with E-state index in [1.807, 2.05) is 54.6 Å². The van der Waals surface area contributed by atoms with E-state index in [0.29, 0.717) is 23.0 Å². The molecular weight excluding hydrogens is 797 g/mol. The SMILES string of the molecule is O=C(CCc1ccc(C#Cc2ccc3ccc4c(C#Cc5ccc(-c6ccc(CCC(=O)ON7C(=O)C=CC7=O)s6)cc5)ccc5ccc2c3c54)s1)ON1C(=O)C=CC1=O. The molecule has 2 aliphatic heterocycles. The van der Waals surface area contributed by atoms with Gasteiger partial charge in [-0.15, -0.1) is 22.7 Å². The van der Waals surface area contributed by atoms with E-state index in [1.165, 1.54) is 11.3 Å². The fourth-order valence-electron chi connectivity index (χ4n) is 6.95. The minimum atomic E-state index is -0.675. The lowest BCUT2D eigenvalue weighted by atomic mass is 9.90. The number of rotatable bonds is 9. The molecule has 0 spiro atoms. The number of hydrogen-bond donors (Lipinski definition) is 0. The first-order valence-corrected chi connectivity index (χ1v) is 20.4. The molecule has 290 valence electrons. The number of nitrogens with zero attached hydrogens (tertiary/aromatic N) is 2. The molecule has 60 heavy (non-hydrogen) atoms. The van der Waals surface area contributed by atoms with Gasteiger partial charge in [0.05, 0.1) is 17.7 Å². The minimum absolute atomic E-state index is 0.00937. The monoisotopic (exact) mass is 824 g/mol. The molecule has 0 saturated heterocycles. The van der Waals surface area contributed by atoms with Gasteiger partial charge in [0.2, 0.25) is 0 Å². The second kappa shape index (κ2) is 16.0. The maximum Gasteiger partial charge on any atom is 0.333 e. The van der Waals surface area contributed by atoms with Crippen LogP contribution < -0.4 is 0 Å². The summed E-state index contributed by atoms with van der Waals surface area (Å²) in [4.78, 5) is 84.7. The van der Waals surface area contributed by atoms with Gasteiger partial charge in [-0.05, 0) is 99.3 Å². The molecule has 5 aromatic carbocycles. The highest BCUT2D eigenvalue weighted by Crippen LogP contribution is 2.37. The first-order chi connectivity index (χ1) is 29.2. The van der Waals surface area contributed by atoms with Crippen molar-refractivity contribution in [2.45, 2.75) is 25.7 Å². The van der Waals surface area contributed by atoms with Crippen LogP contribution in [-0.2, 0) is 51.3 Å². The Morgan fingerprint density at radius 1 is 0.500 bits per heavy atom. The molecule has 10 nitrogen and oxygen atoms in total. The van der Waals surface area contributed by atoms with Gasteiger partial charge in [-0.3, -0.25) is 19.2 Å². The van der Waals surface area contributed by atoms with Crippen molar-refractivity contribution < 1.29 is 38.4 Å². The summed E-state index contributed by atoms with van der Waals surface area (Å²) in [5.74, 6) is 9.39. The van der Waals surface area contributed by atoms with Crippen LogP contribution in [0.5, 0.6) is 0 Å². The lowest BCUT2D eigenvalue weighted by molar-refractivity contribution is -0.196. The van der Waals surface area contributed by atoms with Crippen molar-refractivity contribution in [3.63, 3.8) is 0 Å². The molecule has 12 heteroatoms. The summed E-state index contributed by atoms with van der Waals surface area (Å²) in [5.41, 5.74) is 3.70. The average molecular weight is 825 g/mol. The molecule has 0 fully saturated rings. The second-order valence-corrected chi connectivity index (χ2v) is 16.1. The molecule has 0 N–H and O–H groups in total. The van der Waals surface area contributed by atoms with Crippen molar-refractivity contribution in [2.75, 3.05) is 0 Å². The van der Waals surface area contributed by atoms with Crippen LogP contribution in [0.4, 0.5) is 0 Å². The Bertz CT molecular complexity index is 3110. The summed E-state index contributed by atoms with van der Waals surface area (Å²) in [6.07, 6.45) is 5.08. The Morgan fingerprint density at radius 3 is 1.53 bits per heavy atom. The van der Waals surface area contributed by atoms with Gasteiger partial charge in [-0.1, -0.05) is 82.3 Å². The number of aryl methyl sites for hydroxylation is 2. The Morgan fingerprint density at radius 2 is 0.983 bits per heavy atom. The summed E-state index contributed by atoms with van der Waals surface area (Å²) in [6, 6.07) is 32.6. The minimum Gasteiger partial charge on any atom is -0.330 e. The zero-order valence-electron chi connectivity index (χ0n) is 31.4. The summed E-state index contributed by atoms with van der Waals surface area (Å²) in [7, 11) is 0. The smallest absolute Gasteiger partial charge is 0.330 e. The van der Waals surface area contributed by atoms with Crippen LogP contribution in [0.1, 0.15) is 44.2 Å². The van der Waals surface area contributed by atoms with Gasteiger partial charge in [0.15, 0.2) is 0 Å². The van der Waals surface area contributed by atoms with Gasteiger partial charge in [0.25, 0.3) is 23.6 Å². The molecule has 4 heterocycles. The number of benzene rings is 5. The molecule has 2 aromatic heterocycles. The Hall–Kier alpha value is -7.64. The number of carbonyl (C=O) groups is 6. The lowest BCUT2D eigenvalue weighted by Crippen LogP contribution is -2.32. The van der Waals surface area contributed by atoms with Crippen LogP contribution >= 0.6 is 22.7 Å². The number of hydrogen-bond acceptors (Lipinski definition) is 10. The molecule has 7 aromatic rings. The fourth-order valence-corrected chi connectivity index (χ4v) is 8.82. The summed E-state index contributed by atoms with van der Waals surface area (Å²) >= 11 is 3.03. The van der Waals surface area contributed by atoms with E-state index in [1.54, 1.807) is 11.3 Å². The van der Waals surface area contributed by atoms with Gasteiger partial charge in [-0.2, -0.15) is 0 Å². The van der Waals surface area contributed by atoms with Crippen LogP contribution in [0.25, 0.3) is 42.8 Å². The summed E-state index contributed by atoms with van der Waals surface area (Å²) < 4.78 is 0. The van der Waals surface area contributed by atoms with E-state index in [4.69, 9.17) is 9.68 Å². The summed E-state index contributed by atoms with van der Waals surface area (Å²) in [6.45, 7) is 0. The maximum atomic E-state index is 12.3. The van der Waals surface area contributed by atoms with E-state index in [0.717, 1.165) is 98.4 Å². The van der Waals surface area contributed by atoms with Crippen LogP contribution in [0.15, 0.2) is 121 Å². The van der Waals surface area contributed by atoms with Crippen molar-refractivity contribution in [2.24, 2.45) is 0 Å². The van der Waals surface area contributed by atoms with Gasteiger partial charge in [-0.25, -0.2) is 9.59 Å². The van der Waals surface area contributed by atoms with E-state index >= 15 is 0 Å². The number of carbonyl (C=O) groups excluding carboxylic acids is 6. The molecule has 2 aliphatic rings. The maximum absolute atomic E-state index is 12.3. The third-order valence-corrected chi connectivity index (χ3v) is 12.1. The average Bonchev–Trinajstić information content (AvgIpc) is 4.07. The van der Waals surface area contributed by atoms with Crippen molar-refractivity contribution in [3.05, 3.63) is 153 Å². The van der Waals surface area contributed by atoms with Crippen molar-refractivity contribution >= 4 is 90.6 Å². The number of amides is 4. The number of hydroxylamine groups is 4. The largest absolute Gasteiger partial charge is 0.333 e. The first-order valence-electron chi connectivity index (χ1n) is 18.7. The molecule has 0 unspecified atom stereocenters. The van der Waals surface area contributed by atoms with Crippen LogP contribution in [0, 0.1) is 23.7 Å². The molecule has 0 radical (unpaired) electrons. The van der Waals surface area contributed by atoms with E-state index < -0.39 is 35.6 Å². The van der Waals surface area contributed by atoms with Crippen molar-refractivity contribution in [3.8, 4) is 34.1 Å². The predicted molar refractivity (Wildman–Crippen MR) is 227 cm³/mol. The molecule has 0 atom stereocenters. The fraction of sp³-hybridized carbons (Fsp3) is 0.0833. The van der Waals surface area contributed by atoms with E-state index in [9.17, 15) is 28.8 Å². The zero-order chi connectivity index (χ0) is 41.3. The van der Waals surface area contributed by atoms with Crippen LogP contribution in [0.2, 0.25) is 0 Å². The van der Waals surface area contributed by atoms with Crippen molar-refractivity contribution in [1.82, 2.24) is 10.1 Å². The lowest BCUT2D eigenvalue weighted by Gasteiger charge is -2.13. The second-order valence-electron chi connectivity index (χ2n) is 13.8. The summed E-state index contributed by atoms with van der Waals surface area (Å²) in [5, 5.41) is 7.51. The predicted octanol–water partition coefficient (Wildman–Crippen LogP) is 7.81. The van der Waals surface area contributed by atoms with Gasteiger partial charge in [0.1, 0.15) is 0 Å². The molecular formula is C48H28N2O8S2. The number of imide groups is 2. The highest BCUT2D eigenvalue weighted by molar-refractivity contribution is 7.15.